The Kier molecular flexibility index (Phi) is 1.57. The first kappa shape index (κ1) is 7.28. The van der Waals surface area contributed by atoms with Gasteiger partial charge in [-0.05, 0) is 6.07 Å². The Morgan fingerprint density at radius 1 is 1.42 bits per heavy atom. The van der Waals surface area contributed by atoms with Gasteiger partial charge < -0.3 is 0 Å². The van der Waals surface area contributed by atoms with Crippen molar-refractivity contribution < 1.29 is 4.40 Å². The topological polar surface area (TPSA) is 32.8 Å². The van der Waals surface area contributed by atoms with E-state index in [-0.39, 0.29) is 0 Å². The second-order valence-corrected chi connectivity index (χ2v) is 3.19. The molecule has 0 aliphatic heterocycles. The number of rotatable bonds is 1. The maximum Gasteiger partial charge on any atom is 0.305 e. The van der Waals surface area contributed by atoms with Crippen LogP contribution in [0.5, 0.6) is 0 Å². The number of nitrogens with zero attached hydrogens (tertiary/aromatic N) is 2. The quantitative estimate of drug-likeness (QED) is 0.629. The molecule has 3 nitrogen and oxygen atoms in total. The summed E-state index contributed by atoms with van der Waals surface area (Å²) in [6.45, 7) is 4.29. The molecule has 0 aromatic carbocycles. The normalized spacial score (nSPS) is 11.2. The summed E-state index contributed by atoms with van der Waals surface area (Å²) in [5.74, 6) is 1.62. The third-order valence-electron chi connectivity index (χ3n) is 1.93. The highest BCUT2D eigenvalue weighted by Gasteiger charge is 2.14. The molecule has 0 aliphatic rings. The molecule has 2 heterocycles. The lowest BCUT2D eigenvalue weighted by atomic mass is 10.2. The first-order valence-corrected chi connectivity index (χ1v) is 4.13. The molecule has 12 heavy (non-hydrogen) atoms. The van der Waals surface area contributed by atoms with Gasteiger partial charge in [-0.2, -0.15) is 0 Å². The van der Waals surface area contributed by atoms with Gasteiger partial charge in [0.25, 0.3) is 0 Å². The van der Waals surface area contributed by atoms with Crippen LogP contribution in [0.2, 0.25) is 0 Å². The predicted octanol–water partition coefficient (Wildman–Crippen LogP) is 1.27. The monoisotopic (exact) mass is 162 g/mol. The molecule has 1 N–H and O–H groups in total. The summed E-state index contributed by atoms with van der Waals surface area (Å²) in [4.78, 5) is 0. The minimum absolute atomic E-state index is 0.474. The van der Waals surface area contributed by atoms with Gasteiger partial charge in [-0.15, -0.1) is 5.10 Å². The molecule has 0 spiro atoms. The van der Waals surface area contributed by atoms with Crippen molar-refractivity contribution in [1.82, 2.24) is 10.2 Å². The van der Waals surface area contributed by atoms with Gasteiger partial charge >= 0.3 is 5.65 Å². The number of aromatic nitrogens is 3. The third kappa shape index (κ3) is 0.978. The highest BCUT2D eigenvalue weighted by Crippen LogP contribution is 2.05. The van der Waals surface area contributed by atoms with Crippen molar-refractivity contribution in [1.29, 1.82) is 0 Å². The number of fused-ring (bicyclic) bond motifs is 1. The lowest BCUT2D eigenvalue weighted by Crippen LogP contribution is -2.24. The molecule has 0 bridgehead atoms. The summed E-state index contributed by atoms with van der Waals surface area (Å²) in [7, 11) is 0. The van der Waals surface area contributed by atoms with Gasteiger partial charge in [-0.25, -0.2) is 4.40 Å². The molecule has 2 aromatic rings. The fraction of sp³-hybridized carbons (Fsp3) is 0.333. The first-order valence-electron chi connectivity index (χ1n) is 4.13. The summed E-state index contributed by atoms with van der Waals surface area (Å²) in [5.41, 5.74) is 0.973. The lowest BCUT2D eigenvalue weighted by Gasteiger charge is -1.94. The maximum absolute atomic E-state index is 4.18. The van der Waals surface area contributed by atoms with Crippen molar-refractivity contribution >= 4 is 5.65 Å². The zero-order valence-electron chi connectivity index (χ0n) is 7.28. The molecule has 0 radical (unpaired) electrons. The van der Waals surface area contributed by atoms with E-state index in [2.05, 4.69) is 28.4 Å². The van der Waals surface area contributed by atoms with Crippen LogP contribution in [0.4, 0.5) is 0 Å². The molecule has 0 fully saturated rings. The summed E-state index contributed by atoms with van der Waals surface area (Å²) >= 11 is 0. The molecule has 0 unspecified atom stereocenters. The average Bonchev–Trinajstić information content (AvgIpc) is 2.47. The van der Waals surface area contributed by atoms with Crippen LogP contribution in [-0.4, -0.2) is 10.2 Å². The van der Waals surface area contributed by atoms with E-state index < -0.39 is 0 Å². The van der Waals surface area contributed by atoms with Crippen LogP contribution >= 0.6 is 0 Å². The van der Waals surface area contributed by atoms with Crippen LogP contribution in [0.1, 0.15) is 25.6 Å². The molecule has 2 rings (SSSR count). The van der Waals surface area contributed by atoms with Gasteiger partial charge in [0, 0.05) is 17.1 Å². The Bertz CT molecular complexity index is 389. The van der Waals surface area contributed by atoms with Crippen LogP contribution in [0.3, 0.4) is 0 Å². The molecule has 0 aliphatic carbocycles. The third-order valence-corrected chi connectivity index (χ3v) is 1.93. The number of aromatic amines is 1. The molecule has 62 valence electrons. The highest BCUT2D eigenvalue weighted by molar-refractivity contribution is 5.26. The summed E-state index contributed by atoms with van der Waals surface area (Å²) in [6, 6.07) is 5.98. The SMILES string of the molecule is CC(C)c1[nH]nc2cccc[n+]12. The molecule has 0 saturated carbocycles. The van der Waals surface area contributed by atoms with E-state index in [1.807, 2.05) is 24.4 Å². The fourth-order valence-corrected chi connectivity index (χ4v) is 1.30. The van der Waals surface area contributed by atoms with E-state index in [4.69, 9.17) is 0 Å². The predicted molar refractivity (Wildman–Crippen MR) is 45.8 cm³/mol. The molecule has 0 amide bonds. The van der Waals surface area contributed by atoms with Crippen molar-refractivity contribution in [3.63, 3.8) is 0 Å². The van der Waals surface area contributed by atoms with Gasteiger partial charge in [-0.3, -0.25) is 0 Å². The highest BCUT2D eigenvalue weighted by atomic mass is 15.2. The Morgan fingerprint density at radius 3 is 3.00 bits per heavy atom. The van der Waals surface area contributed by atoms with E-state index in [1.165, 1.54) is 0 Å². The van der Waals surface area contributed by atoms with Gasteiger partial charge in [0.2, 0.25) is 5.82 Å². The van der Waals surface area contributed by atoms with Crippen molar-refractivity contribution in [2.24, 2.45) is 0 Å². The zero-order chi connectivity index (χ0) is 8.55. The Morgan fingerprint density at radius 2 is 2.25 bits per heavy atom. The second kappa shape index (κ2) is 2.59. The summed E-state index contributed by atoms with van der Waals surface area (Å²) in [5, 5.41) is 7.20. The number of hydrogen-bond donors (Lipinski definition) is 1. The largest absolute Gasteiger partial charge is 0.305 e. The van der Waals surface area contributed by atoms with E-state index in [1.54, 1.807) is 0 Å². The number of H-pyrrole nitrogens is 1. The van der Waals surface area contributed by atoms with Gasteiger partial charge in [-0.1, -0.05) is 19.9 Å². The number of hydrogen-bond acceptors (Lipinski definition) is 1. The molecule has 3 heteroatoms. The van der Waals surface area contributed by atoms with E-state index in [9.17, 15) is 0 Å². The van der Waals surface area contributed by atoms with Gasteiger partial charge in [0.1, 0.15) is 0 Å². The van der Waals surface area contributed by atoms with Crippen LogP contribution in [0, 0.1) is 0 Å². The van der Waals surface area contributed by atoms with Crippen LogP contribution in [-0.2, 0) is 0 Å². The summed E-state index contributed by atoms with van der Waals surface area (Å²) < 4.78 is 2.07. The first-order chi connectivity index (χ1) is 5.79. The molecule has 0 saturated heterocycles. The van der Waals surface area contributed by atoms with Gasteiger partial charge in [0.15, 0.2) is 0 Å². The van der Waals surface area contributed by atoms with Crippen molar-refractivity contribution in [2.75, 3.05) is 0 Å². The average molecular weight is 162 g/mol. The van der Waals surface area contributed by atoms with Gasteiger partial charge in [0.05, 0.1) is 6.20 Å². The zero-order valence-corrected chi connectivity index (χ0v) is 7.28. The smallest absolute Gasteiger partial charge is 0.201 e. The lowest BCUT2D eigenvalue weighted by molar-refractivity contribution is -0.523. The van der Waals surface area contributed by atoms with Crippen molar-refractivity contribution in [3.05, 3.63) is 30.2 Å². The Balaban J connectivity index is 2.70. The Hall–Kier alpha value is -1.38. The molecular formula is C9H12N3+. The molecule has 0 atom stereocenters. The maximum atomic E-state index is 4.18. The number of nitrogens with one attached hydrogen (secondary N) is 1. The van der Waals surface area contributed by atoms with Crippen molar-refractivity contribution in [3.8, 4) is 0 Å². The van der Waals surface area contributed by atoms with E-state index >= 15 is 0 Å². The molecular weight excluding hydrogens is 150 g/mol. The van der Waals surface area contributed by atoms with Crippen molar-refractivity contribution in [2.45, 2.75) is 19.8 Å². The molecule has 2 aromatic heterocycles. The second-order valence-electron chi connectivity index (χ2n) is 3.19. The Labute approximate surface area is 71.1 Å². The van der Waals surface area contributed by atoms with Crippen LogP contribution in [0.15, 0.2) is 24.4 Å². The summed E-state index contributed by atoms with van der Waals surface area (Å²) in [6.07, 6.45) is 2.02. The van der Waals surface area contributed by atoms with E-state index in [0.29, 0.717) is 5.92 Å². The van der Waals surface area contributed by atoms with E-state index in [0.717, 1.165) is 11.5 Å². The minimum Gasteiger partial charge on any atom is -0.201 e. The standard InChI is InChI=1S/C9H11N3/c1-7(2)9-11-10-8-5-3-4-6-12(8)9/h3-7H,1-2H3/p+1. The minimum atomic E-state index is 0.474. The van der Waals surface area contributed by atoms with Crippen LogP contribution in [0.25, 0.3) is 5.65 Å². The number of pyridine rings is 1. The fourth-order valence-electron chi connectivity index (χ4n) is 1.30. The van der Waals surface area contributed by atoms with Crippen LogP contribution < -0.4 is 4.40 Å².